The molecule has 1 aliphatic heterocycles. The summed E-state index contributed by atoms with van der Waals surface area (Å²) < 4.78 is 13.6. The van der Waals surface area contributed by atoms with Crippen LogP contribution in [0, 0.1) is 5.92 Å². The Morgan fingerprint density at radius 2 is 2.14 bits per heavy atom. The minimum Gasteiger partial charge on any atom is -0.468 e. The molecule has 2 aliphatic rings. The van der Waals surface area contributed by atoms with E-state index in [2.05, 4.69) is 19.7 Å². The molecule has 3 atom stereocenters. The van der Waals surface area contributed by atoms with Crippen LogP contribution in [0.1, 0.15) is 18.6 Å². The summed E-state index contributed by atoms with van der Waals surface area (Å²) in [5, 5.41) is 7.76. The third-order valence-electron chi connectivity index (χ3n) is 4.69. The zero-order valence-electron chi connectivity index (χ0n) is 12.0. The van der Waals surface area contributed by atoms with Crippen LogP contribution in [0.2, 0.25) is 0 Å². The van der Waals surface area contributed by atoms with Gasteiger partial charge < -0.3 is 13.7 Å². The van der Waals surface area contributed by atoms with Crippen LogP contribution in [0.5, 0.6) is 0 Å². The van der Waals surface area contributed by atoms with Crippen LogP contribution in [0.4, 0.5) is 0 Å². The van der Waals surface area contributed by atoms with Crippen molar-refractivity contribution in [1.29, 1.82) is 0 Å². The van der Waals surface area contributed by atoms with E-state index in [4.69, 9.17) is 9.15 Å². The first-order chi connectivity index (χ1) is 10.4. The minimum absolute atomic E-state index is 0.316. The Morgan fingerprint density at radius 1 is 1.24 bits per heavy atom. The highest BCUT2D eigenvalue weighted by atomic mass is 16.5. The maximum Gasteiger partial charge on any atom is 0.119 e. The van der Waals surface area contributed by atoms with Crippen molar-refractivity contribution in [2.24, 2.45) is 5.92 Å². The second-order valence-electron chi connectivity index (χ2n) is 5.95. The number of nitrogens with zero attached hydrogens (tertiary/aromatic N) is 4. The topological polar surface area (TPSA) is 56.3 Å². The number of aromatic nitrogens is 3. The second-order valence-corrected chi connectivity index (χ2v) is 5.95. The Labute approximate surface area is 123 Å². The van der Waals surface area contributed by atoms with Gasteiger partial charge in [-0.15, -0.1) is 10.2 Å². The van der Waals surface area contributed by atoms with Gasteiger partial charge >= 0.3 is 0 Å². The largest absolute Gasteiger partial charge is 0.468 e. The molecule has 112 valence electrons. The van der Waals surface area contributed by atoms with E-state index >= 15 is 0 Å². The monoisotopic (exact) mass is 288 g/mol. The standard InChI is InChI=1S/C15H20N4O2/c1-2-13(20-6-1)9-19-5-7-21-15-12(3-4-14(15)19)8-18-10-16-17-11-18/h1-2,6,10-12,14-15H,3-5,7-9H2/t12-,14+,15-/m1/s1. The molecule has 0 N–H and O–H groups in total. The number of morpholine rings is 1. The van der Waals surface area contributed by atoms with Gasteiger partial charge in [-0.3, -0.25) is 4.90 Å². The van der Waals surface area contributed by atoms with Gasteiger partial charge in [0.2, 0.25) is 0 Å². The van der Waals surface area contributed by atoms with Crippen molar-refractivity contribution in [3.63, 3.8) is 0 Å². The molecule has 0 radical (unpaired) electrons. The van der Waals surface area contributed by atoms with E-state index in [9.17, 15) is 0 Å². The lowest BCUT2D eigenvalue weighted by Gasteiger charge is -2.38. The molecule has 0 bridgehead atoms. The van der Waals surface area contributed by atoms with Crippen LogP contribution in [0.15, 0.2) is 35.5 Å². The molecule has 1 saturated heterocycles. The number of fused-ring (bicyclic) bond motifs is 1. The SMILES string of the molecule is c1coc(CN2CCO[C@@H]3[C@@H](Cn4cnnc4)CC[C@@H]32)c1. The van der Waals surface area contributed by atoms with E-state index in [1.165, 1.54) is 12.8 Å². The predicted octanol–water partition coefficient (Wildman–Crippen LogP) is 1.55. The summed E-state index contributed by atoms with van der Waals surface area (Å²) in [7, 11) is 0. The number of rotatable bonds is 4. The van der Waals surface area contributed by atoms with Crippen LogP contribution >= 0.6 is 0 Å². The number of ether oxygens (including phenoxy) is 1. The van der Waals surface area contributed by atoms with E-state index < -0.39 is 0 Å². The molecule has 2 fully saturated rings. The van der Waals surface area contributed by atoms with Crippen molar-refractivity contribution in [3.8, 4) is 0 Å². The normalized spacial score (nSPS) is 29.6. The Bertz CT molecular complexity index is 554. The molecule has 4 rings (SSSR count). The Kier molecular flexibility index (Phi) is 3.48. The molecule has 6 nitrogen and oxygen atoms in total. The maximum absolute atomic E-state index is 6.09. The van der Waals surface area contributed by atoms with Gasteiger partial charge in [0.25, 0.3) is 0 Å². The molecule has 1 saturated carbocycles. The van der Waals surface area contributed by atoms with Gasteiger partial charge in [0, 0.05) is 25.0 Å². The molecule has 2 aromatic heterocycles. The van der Waals surface area contributed by atoms with Crippen LogP contribution in [-0.2, 0) is 17.8 Å². The van der Waals surface area contributed by atoms with Gasteiger partial charge in [-0.2, -0.15) is 0 Å². The van der Waals surface area contributed by atoms with E-state index in [0.29, 0.717) is 18.1 Å². The first-order valence-electron chi connectivity index (χ1n) is 7.60. The molecule has 1 aliphatic carbocycles. The van der Waals surface area contributed by atoms with Crippen molar-refractivity contribution in [2.45, 2.75) is 38.1 Å². The highest BCUT2D eigenvalue weighted by Gasteiger charge is 2.42. The minimum atomic E-state index is 0.316. The van der Waals surface area contributed by atoms with Gasteiger partial charge in [-0.05, 0) is 25.0 Å². The van der Waals surface area contributed by atoms with Crippen LogP contribution < -0.4 is 0 Å². The average Bonchev–Trinajstić information content (AvgIpc) is 3.22. The Balaban J connectivity index is 1.44. The summed E-state index contributed by atoms with van der Waals surface area (Å²) in [6.07, 6.45) is 8.03. The molecule has 0 amide bonds. The first-order valence-corrected chi connectivity index (χ1v) is 7.60. The smallest absolute Gasteiger partial charge is 0.119 e. The summed E-state index contributed by atoms with van der Waals surface area (Å²) in [6, 6.07) is 4.51. The van der Waals surface area contributed by atoms with Gasteiger partial charge in [-0.1, -0.05) is 0 Å². The van der Waals surface area contributed by atoms with E-state index in [1.807, 2.05) is 12.1 Å². The lowest BCUT2D eigenvalue weighted by Crippen LogP contribution is -2.50. The van der Waals surface area contributed by atoms with Crippen molar-refractivity contribution < 1.29 is 9.15 Å². The zero-order chi connectivity index (χ0) is 14.1. The average molecular weight is 288 g/mol. The number of hydrogen-bond acceptors (Lipinski definition) is 5. The van der Waals surface area contributed by atoms with Gasteiger partial charge in [0.15, 0.2) is 0 Å². The number of hydrogen-bond donors (Lipinski definition) is 0. The zero-order valence-corrected chi connectivity index (χ0v) is 12.0. The van der Waals surface area contributed by atoms with Crippen molar-refractivity contribution in [3.05, 3.63) is 36.8 Å². The fourth-order valence-electron chi connectivity index (χ4n) is 3.72. The van der Waals surface area contributed by atoms with Crippen molar-refractivity contribution in [1.82, 2.24) is 19.7 Å². The fourth-order valence-corrected chi connectivity index (χ4v) is 3.72. The van der Waals surface area contributed by atoms with Gasteiger partial charge in [0.05, 0.1) is 25.5 Å². The van der Waals surface area contributed by atoms with Crippen LogP contribution in [0.3, 0.4) is 0 Å². The number of furan rings is 1. The Morgan fingerprint density at radius 3 is 2.95 bits per heavy atom. The second kappa shape index (κ2) is 5.61. The highest BCUT2D eigenvalue weighted by molar-refractivity contribution is 5.01. The summed E-state index contributed by atoms with van der Waals surface area (Å²) in [5.41, 5.74) is 0. The van der Waals surface area contributed by atoms with Crippen LogP contribution in [0.25, 0.3) is 0 Å². The van der Waals surface area contributed by atoms with E-state index in [-0.39, 0.29) is 0 Å². The maximum atomic E-state index is 6.09. The molecule has 2 aromatic rings. The summed E-state index contributed by atoms with van der Waals surface area (Å²) in [5.74, 6) is 1.59. The predicted molar refractivity (Wildman–Crippen MR) is 75.4 cm³/mol. The molecule has 0 unspecified atom stereocenters. The quantitative estimate of drug-likeness (QED) is 0.854. The molecule has 21 heavy (non-hydrogen) atoms. The summed E-state index contributed by atoms with van der Waals surface area (Å²) >= 11 is 0. The molecular weight excluding hydrogens is 268 g/mol. The lowest BCUT2D eigenvalue weighted by molar-refractivity contribution is -0.0801. The van der Waals surface area contributed by atoms with Gasteiger partial charge in [0.1, 0.15) is 18.4 Å². The van der Waals surface area contributed by atoms with Gasteiger partial charge in [-0.25, -0.2) is 0 Å². The Hall–Kier alpha value is -1.66. The van der Waals surface area contributed by atoms with E-state index in [1.54, 1.807) is 18.9 Å². The van der Waals surface area contributed by atoms with Crippen molar-refractivity contribution >= 4 is 0 Å². The van der Waals surface area contributed by atoms with Crippen LogP contribution in [-0.4, -0.2) is 45.0 Å². The lowest BCUT2D eigenvalue weighted by atomic mass is 10.0. The molecule has 0 aromatic carbocycles. The fraction of sp³-hybridized carbons (Fsp3) is 0.600. The molecule has 6 heteroatoms. The molecular formula is C15H20N4O2. The third kappa shape index (κ3) is 2.61. The highest BCUT2D eigenvalue weighted by Crippen LogP contribution is 2.36. The molecule has 0 spiro atoms. The molecule has 3 heterocycles. The van der Waals surface area contributed by atoms with Crippen molar-refractivity contribution in [2.75, 3.05) is 13.2 Å². The third-order valence-corrected chi connectivity index (χ3v) is 4.69. The van der Waals surface area contributed by atoms with E-state index in [0.717, 1.165) is 32.0 Å². The summed E-state index contributed by atoms with van der Waals surface area (Å²) in [6.45, 7) is 3.63. The summed E-state index contributed by atoms with van der Waals surface area (Å²) in [4.78, 5) is 2.51. The first kappa shape index (κ1) is 13.0.